The van der Waals surface area contributed by atoms with Crippen molar-refractivity contribution in [3.8, 4) is 0 Å². The number of hydrogen-bond acceptors (Lipinski definition) is 8. The Morgan fingerprint density at radius 1 is 1.43 bits per heavy atom. The van der Waals surface area contributed by atoms with Crippen molar-refractivity contribution in [1.82, 2.24) is 19.1 Å². The molecule has 2 aromatic heterocycles. The molecule has 0 saturated carbocycles. The number of anilines is 2. The van der Waals surface area contributed by atoms with E-state index >= 15 is 0 Å². The van der Waals surface area contributed by atoms with E-state index in [1.807, 2.05) is 18.4 Å². The van der Waals surface area contributed by atoms with Crippen LogP contribution in [0.25, 0.3) is 0 Å². The van der Waals surface area contributed by atoms with Crippen molar-refractivity contribution < 1.29 is 8.42 Å². The Kier molecular flexibility index (Phi) is 4.78. The van der Waals surface area contributed by atoms with Crippen LogP contribution in [0.3, 0.4) is 0 Å². The van der Waals surface area contributed by atoms with Gasteiger partial charge in [0.15, 0.2) is 21.5 Å². The van der Waals surface area contributed by atoms with Gasteiger partial charge >= 0.3 is 0 Å². The number of sulfone groups is 1. The number of hydrogen-bond donors (Lipinski definition) is 2. The molecule has 116 valence electrons. The number of nitrogen functional groups attached to an aromatic ring is 1. The van der Waals surface area contributed by atoms with Crippen LogP contribution in [0.4, 0.5) is 10.8 Å². The summed E-state index contributed by atoms with van der Waals surface area (Å²) in [7, 11) is -3.42. The third-order valence-corrected chi connectivity index (χ3v) is 5.83. The van der Waals surface area contributed by atoms with Gasteiger partial charge in [-0.25, -0.2) is 8.42 Å². The lowest BCUT2D eigenvalue weighted by molar-refractivity contribution is 0.595. The SMILES string of the molecule is CCCS(=O)(=O)c1c(N)nsc1NCc1nncn1CC. The maximum atomic E-state index is 12.2. The highest BCUT2D eigenvalue weighted by Crippen LogP contribution is 2.32. The summed E-state index contributed by atoms with van der Waals surface area (Å²) >= 11 is 1.04. The van der Waals surface area contributed by atoms with Gasteiger partial charge < -0.3 is 15.6 Å². The molecule has 2 aromatic rings. The van der Waals surface area contributed by atoms with Crippen LogP contribution in [0.5, 0.6) is 0 Å². The van der Waals surface area contributed by atoms with Gasteiger partial charge in [-0.05, 0) is 24.9 Å². The van der Waals surface area contributed by atoms with E-state index < -0.39 is 9.84 Å². The fourth-order valence-electron chi connectivity index (χ4n) is 1.92. The second-order valence-electron chi connectivity index (χ2n) is 4.43. The molecule has 0 bridgehead atoms. The normalized spacial score (nSPS) is 11.7. The lowest BCUT2D eigenvalue weighted by Gasteiger charge is -2.08. The molecule has 10 heteroatoms. The van der Waals surface area contributed by atoms with E-state index in [0.717, 1.165) is 23.9 Å². The van der Waals surface area contributed by atoms with Gasteiger partial charge in [-0.2, -0.15) is 4.37 Å². The minimum absolute atomic E-state index is 0.0490. The first-order valence-electron chi connectivity index (χ1n) is 6.58. The first-order chi connectivity index (χ1) is 9.99. The molecule has 0 aliphatic heterocycles. The predicted molar refractivity (Wildman–Crippen MR) is 81.9 cm³/mol. The summed E-state index contributed by atoms with van der Waals surface area (Å²) in [4.78, 5) is 0.0944. The third kappa shape index (κ3) is 3.32. The first-order valence-corrected chi connectivity index (χ1v) is 9.00. The molecule has 0 radical (unpaired) electrons. The van der Waals surface area contributed by atoms with Crippen LogP contribution in [-0.4, -0.2) is 33.3 Å². The summed E-state index contributed by atoms with van der Waals surface area (Å²) in [5, 5.41) is 11.3. The fraction of sp³-hybridized carbons (Fsp3) is 0.545. The van der Waals surface area contributed by atoms with E-state index in [2.05, 4.69) is 19.9 Å². The van der Waals surface area contributed by atoms with Gasteiger partial charge in [0.05, 0.1) is 12.3 Å². The number of nitrogens with zero attached hydrogens (tertiary/aromatic N) is 4. The van der Waals surface area contributed by atoms with E-state index in [4.69, 9.17) is 5.73 Å². The summed E-state index contributed by atoms with van der Waals surface area (Å²) in [5.41, 5.74) is 5.71. The molecule has 2 heterocycles. The van der Waals surface area contributed by atoms with Gasteiger partial charge in [-0.3, -0.25) is 0 Å². The standard InChI is InChI=1S/C11H18N6O2S2/c1-3-5-21(18,19)9-10(12)16-20-11(9)13-6-8-15-14-7-17(8)4-2/h7,13H,3-6H2,1-2H3,(H2,12,16). The zero-order valence-electron chi connectivity index (χ0n) is 11.9. The van der Waals surface area contributed by atoms with Crippen LogP contribution in [0.15, 0.2) is 11.2 Å². The maximum absolute atomic E-state index is 12.2. The Labute approximate surface area is 127 Å². The van der Waals surface area contributed by atoms with Crippen molar-refractivity contribution in [2.75, 3.05) is 16.8 Å². The molecule has 0 aliphatic carbocycles. The number of nitrogens with two attached hydrogens (primary N) is 1. The molecule has 0 amide bonds. The highest BCUT2D eigenvalue weighted by Gasteiger charge is 2.24. The second-order valence-corrected chi connectivity index (χ2v) is 7.25. The predicted octanol–water partition coefficient (Wildman–Crippen LogP) is 1.13. The van der Waals surface area contributed by atoms with E-state index in [-0.39, 0.29) is 16.5 Å². The van der Waals surface area contributed by atoms with Crippen molar-refractivity contribution in [2.24, 2.45) is 0 Å². The molecule has 0 unspecified atom stereocenters. The van der Waals surface area contributed by atoms with Crippen LogP contribution in [-0.2, 0) is 22.9 Å². The van der Waals surface area contributed by atoms with Crippen molar-refractivity contribution in [1.29, 1.82) is 0 Å². The molecule has 2 rings (SSSR count). The first kappa shape index (κ1) is 15.7. The molecule has 0 atom stereocenters. The maximum Gasteiger partial charge on any atom is 0.185 e. The van der Waals surface area contributed by atoms with Gasteiger partial charge in [-0.1, -0.05) is 6.92 Å². The summed E-state index contributed by atoms with van der Waals surface area (Å²) in [6.45, 7) is 4.90. The quantitative estimate of drug-likeness (QED) is 0.781. The fourth-order valence-corrected chi connectivity index (χ4v) is 4.53. The molecule has 21 heavy (non-hydrogen) atoms. The van der Waals surface area contributed by atoms with Crippen LogP contribution in [0.2, 0.25) is 0 Å². The Morgan fingerprint density at radius 2 is 2.19 bits per heavy atom. The third-order valence-electron chi connectivity index (χ3n) is 2.90. The number of nitrogens with one attached hydrogen (secondary N) is 1. The molecular formula is C11H18N6O2S2. The highest BCUT2D eigenvalue weighted by molar-refractivity contribution is 7.91. The monoisotopic (exact) mass is 330 g/mol. The Hall–Kier alpha value is -1.68. The number of aromatic nitrogens is 4. The smallest absolute Gasteiger partial charge is 0.185 e. The number of rotatable bonds is 7. The molecule has 0 saturated heterocycles. The molecule has 8 nitrogen and oxygen atoms in total. The van der Waals surface area contributed by atoms with Crippen LogP contribution < -0.4 is 11.1 Å². The minimum Gasteiger partial charge on any atom is -0.382 e. The second kappa shape index (κ2) is 6.39. The van der Waals surface area contributed by atoms with E-state index in [1.54, 1.807) is 6.33 Å². The summed E-state index contributed by atoms with van der Waals surface area (Å²) < 4.78 is 30.3. The minimum atomic E-state index is -3.42. The molecule has 0 spiro atoms. The molecule has 0 aliphatic rings. The summed E-state index contributed by atoms with van der Waals surface area (Å²) in [6.07, 6.45) is 2.16. The number of aryl methyl sites for hydroxylation is 1. The molecule has 0 fully saturated rings. The van der Waals surface area contributed by atoms with Crippen molar-refractivity contribution in [2.45, 2.75) is 38.3 Å². The largest absolute Gasteiger partial charge is 0.382 e. The van der Waals surface area contributed by atoms with Crippen molar-refractivity contribution in [3.05, 3.63) is 12.2 Å². The lowest BCUT2D eigenvalue weighted by Crippen LogP contribution is -2.12. The topological polar surface area (TPSA) is 116 Å². The molecule has 0 aromatic carbocycles. The van der Waals surface area contributed by atoms with Gasteiger partial charge in [0.25, 0.3) is 0 Å². The average molecular weight is 330 g/mol. The van der Waals surface area contributed by atoms with Gasteiger partial charge in [-0.15, -0.1) is 10.2 Å². The van der Waals surface area contributed by atoms with Crippen molar-refractivity contribution >= 4 is 32.2 Å². The molecule has 3 N–H and O–H groups in total. The van der Waals surface area contributed by atoms with Gasteiger partial charge in [0.1, 0.15) is 16.2 Å². The Morgan fingerprint density at radius 3 is 2.86 bits per heavy atom. The van der Waals surface area contributed by atoms with Gasteiger partial charge in [0.2, 0.25) is 0 Å². The average Bonchev–Trinajstić information content (AvgIpc) is 3.02. The van der Waals surface area contributed by atoms with Gasteiger partial charge in [0, 0.05) is 6.54 Å². The zero-order chi connectivity index (χ0) is 15.5. The van der Waals surface area contributed by atoms with E-state index in [9.17, 15) is 8.42 Å². The van der Waals surface area contributed by atoms with E-state index in [1.165, 1.54) is 0 Å². The molecular weight excluding hydrogens is 312 g/mol. The van der Waals surface area contributed by atoms with Crippen LogP contribution in [0.1, 0.15) is 26.1 Å². The Balaban J connectivity index is 2.22. The lowest BCUT2D eigenvalue weighted by atomic mass is 10.5. The van der Waals surface area contributed by atoms with Crippen molar-refractivity contribution in [3.63, 3.8) is 0 Å². The van der Waals surface area contributed by atoms with Crippen LogP contribution in [0, 0.1) is 0 Å². The van der Waals surface area contributed by atoms with Crippen LogP contribution >= 0.6 is 11.5 Å². The van der Waals surface area contributed by atoms with E-state index in [0.29, 0.717) is 18.0 Å². The summed E-state index contributed by atoms with van der Waals surface area (Å²) in [5.74, 6) is 0.825. The highest BCUT2D eigenvalue weighted by atomic mass is 32.2. The Bertz CT molecular complexity index is 706. The zero-order valence-corrected chi connectivity index (χ0v) is 13.5. The summed E-state index contributed by atoms with van der Waals surface area (Å²) in [6, 6.07) is 0.